The second-order valence-corrected chi connectivity index (χ2v) is 3.20. The van der Waals surface area contributed by atoms with Crippen molar-refractivity contribution in [3.63, 3.8) is 0 Å². The molecule has 0 aliphatic heterocycles. The van der Waals surface area contributed by atoms with Gasteiger partial charge in [0.05, 0.1) is 0 Å². The van der Waals surface area contributed by atoms with E-state index in [0.717, 1.165) is 5.56 Å². The van der Waals surface area contributed by atoms with Crippen LogP contribution < -0.4 is 0 Å². The van der Waals surface area contributed by atoms with Crippen LogP contribution in [0.1, 0.15) is 0 Å². The van der Waals surface area contributed by atoms with Crippen molar-refractivity contribution in [1.82, 2.24) is 4.98 Å². The third-order valence-corrected chi connectivity index (χ3v) is 2.20. The first-order valence-corrected chi connectivity index (χ1v) is 4.41. The summed E-state index contributed by atoms with van der Waals surface area (Å²) in [5, 5.41) is 0. The van der Waals surface area contributed by atoms with E-state index in [2.05, 4.69) is 20.9 Å². The third kappa shape index (κ3) is 1.62. The number of hydrogen-bond acceptors (Lipinski definition) is 2. The first-order valence-electron chi connectivity index (χ1n) is 3.62. The summed E-state index contributed by atoms with van der Waals surface area (Å²) in [5.74, 6) is -0.261. The van der Waals surface area contributed by atoms with Crippen molar-refractivity contribution in [2.75, 3.05) is 0 Å². The highest BCUT2D eigenvalue weighted by Gasteiger charge is 2.06. The van der Waals surface area contributed by atoms with Gasteiger partial charge in [0, 0.05) is 5.56 Å². The fraction of sp³-hybridized carbons (Fsp3) is 0. The molecule has 2 nitrogen and oxygen atoms in total. The summed E-state index contributed by atoms with van der Waals surface area (Å²) in [6.45, 7) is 0. The molecule has 0 unspecified atom stereocenters. The van der Waals surface area contributed by atoms with Gasteiger partial charge in [-0.2, -0.15) is 0 Å². The number of oxazole rings is 1. The molecule has 0 aliphatic carbocycles. The lowest BCUT2D eigenvalue weighted by Gasteiger charge is -1.95. The molecular weight excluding hydrogens is 237 g/mol. The lowest BCUT2D eigenvalue weighted by molar-refractivity contribution is 0.534. The van der Waals surface area contributed by atoms with Crippen LogP contribution >= 0.6 is 15.9 Å². The predicted octanol–water partition coefficient (Wildman–Crippen LogP) is 3.24. The number of aromatic nitrogens is 1. The van der Waals surface area contributed by atoms with Crippen molar-refractivity contribution in [2.24, 2.45) is 0 Å². The first kappa shape index (κ1) is 8.44. The standard InChI is InChI=1S/C9H5BrFNO/c10-9-8(12-5-13-9)6-1-3-7(11)4-2-6/h1-5H. The Kier molecular flexibility index (Phi) is 2.14. The SMILES string of the molecule is Fc1ccc(-c2ncoc2Br)cc1. The van der Waals surface area contributed by atoms with Crippen LogP contribution in [0.2, 0.25) is 0 Å². The van der Waals surface area contributed by atoms with Gasteiger partial charge in [-0.05, 0) is 40.2 Å². The highest BCUT2D eigenvalue weighted by atomic mass is 79.9. The molecule has 4 heteroatoms. The van der Waals surface area contributed by atoms with E-state index < -0.39 is 0 Å². The predicted molar refractivity (Wildman–Crippen MR) is 49.6 cm³/mol. The molecule has 0 bridgehead atoms. The van der Waals surface area contributed by atoms with Crippen molar-refractivity contribution < 1.29 is 8.81 Å². The van der Waals surface area contributed by atoms with Crippen LogP contribution in [0.3, 0.4) is 0 Å². The van der Waals surface area contributed by atoms with E-state index >= 15 is 0 Å². The van der Waals surface area contributed by atoms with Gasteiger partial charge >= 0.3 is 0 Å². The maximum absolute atomic E-state index is 12.6. The molecule has 2 aromatic rings. The Morgan fingerprint density at radius 2 is 1.92 bits per heavy atom. The zero-order valence-electron chi connectivity index (χ0n) is 6.50. The second-order valence-electron chi connectivity index (χ2n) is 2.48. The fourth-order valence-corrected chi connectivity index (χ4v) is 1.44. The molecule has 0 aliphatic rings. The van der Waals surface area contributed by atoms with Gasteiger partial charge in [-0.25, -0.2) is 9.37 Å². The normalized spacial score (nSPS) is 10.3. The van der Waals surface area contributed by atoms with Crippen molar-refractivity contribution in [2.45, 2.75) is 0 Å². The second kappa shape index (κ2) is 3.30. The van der Waals surface area contributed by atoms with Crippen LogP contribution in [0.15, 0.2) is 39.7 Å². The smallest absolute Gasteiger partial charge is 0.197 e. The van der Waals surface area contributed by atoms with Gasteiger partial charge in [0.2, 0.25) is 0 Å². The fourth-order valence-electron chi connectivity index (χ4n) is 1.03. The Labute approximate surface area is 82.5 Å². The minimum Gasteiger partial charge on any atom is -0.436 e. The topological polar surface area (TPSA) is 26.0 Å². The van der Waals surface area contributed by atoms with Crippen LogP contribution in [0.25, 0.3) is 11.3 Å². The summed E-state index contributed by atoms with van der Waals surface area (Å²) in [6, 6.07) is 6.07. The third-order valence-electron chi connectivity index (χ3n) is 1.64. The lowest BCUT2D eigenvalue weighted by atomic mass is 10.2. The van der Waals surface area contributed by atoms with E-state index in [-0.39, 0.29) is 5.82 Å². The Hall–Kier alpha value is -1.16. The van der Waals surface area contributed by atoms with Crippen LogP contribution in [-0.2, 0) is 0 Å². The lowest BCUT2D eigenvalue weighted by Crippen LogP contribution is -1.78. The van der Waals surface area contributed by atoms with E-state index in [9.17, 15) is 4.39 Å². The molecule has 13 heavy (non-hydrogen) atoms. The summed E-state index contributed by atoms with van der Waals surface area (Å²) in [4.78, 5) is 3.98. The molecule has 0 atom stereocenters. The van der Waals surface area contributed by atoms with Crippen LogP contribution in [0, 0.1) is 5.82 Å². The summed E-state index contributed by atoms with van der Waals surface area (Å²) in [6.07, 6.45) is 1.34. The summed E-state index contributed by atoms with van der Waals surface area (Å²) < 4.78 is 18.1. The highest BCUT2D eigenvalue weighted by molar-refractivity contribution is 9.10. The van der Waals surface area contributed by atoms with Gasteiger partial charge in [0.1, 0.15) is 11.5 Å². The van der Waals surface area contributed by atoms with Crippen LogP contribution in [0.5, 0.6) is 0 Å². The number of benzene rings is 1. The zero-order chi connectivity index (χ0) is 9.26. The van der Waals surface area contributed by atoms with Crippen molar-refractivity contribution in [3.8, 4) is 11.3 Å². The summed E-state index contributed by atoms with van der Waals surface area (Å²) >= 11 is 3.20. The molecule has 66 valence electrons. The quantitative estimate of drug-likeness (QED) is 0.767. The van der Waals surface area contributed by atoms with E-state index in [1.165, 1.54) is 18.5 Å². The monoisotopic (exact) mass is 241 g/mol. The van der Waals surface area contributed by atoms with Gasteiger partial charge in [-0.15, -0.1) is 0 Å². The van der Waals surface area contributed by atoms with Gasteiger partial charge in [-0.1, -0.05) is 0 Å². The van der Waals surface area contributed by atoms with Crippen molar-refractivity contribution in [1.29, 1.82) is 0 Å². The van der Waals surface area contributed by atoms with Crippen molar-refractivity contribution in [3.05, 3.63) is 41.1 Å². The minimum absolute atomic E-state index is 0.261. The molecule has 0 amide bonds. The number of hydrogen-bond donors (Lipinski definition) is 0. The molecule has 2 rings (SSSR count). The molecule has 1 aromatic heterocycles. The molecule has 0 fully saturated rings. The summed E-state index contributed by atoms with van der Waals surface area (Å²) in [7, 11) is 0. The Bertz CT molecular complexity index is 410. The van der Waals surface area contributed by atoms with Gasteiger partial charge in [-0.3, -0.25) is 0 Å². The molecule has 0 saturated carbocycles. The van der Waals surface area contributed by atoms with Gasteiger partial charge < -0.3 is 4.42 Å². The number of nitrogens with zero attached hydrogens (tertiary/aromatic N) is 1. The zero-order valence-corrected chi connectivity index (χ0v) is 8.08. The summed E-state index contributed by atoms with van der Waals surface area (Å²) in [5.41, 5.74) is 1.50. The molecule has 0 radical (unpaired) electrons. The maximum atomic E-state index is 12.6. The highest BCUT2D eigenvalue weighted by Crippen LogP contribution is 2.26. The molecular formula is C9H5BrFNO. The van der Waals surface area contributed by atoms with Gasteiger partial charge in [0.25, 0.3) is 0 Å². The molecule has 0 saturated heterocycles. The number of halogens is 2. The molecule has 1 aromatic carbocycles. The molecule has 1 heterocycles. The Morgan fingerprint density at radius 1 is 1.23 bits per heavy atom. The van der Waals surface area contributed by atoms with E-state index in [1.54, 1.807) is 12.1 Å². The van der Waals surface area contributed by atoms with Crippen molar-refractivity contribution >= 4 is 15.9 Å². The van der Waals surface area contributed by atoms with Crippen LogP contribution in [0.4, 0.5) is 4.39 Å². The molecule has 0 N–H and O–H groups in total. The van der Waals surface area contributed by atoms with Crippen LogP contribution in [-0.4, -0.2) is 4.98 Å². The van der Waals surface area contributed by atoms with E-state index in [0.29, 0.717) is 10.4 Å². The van der Waals surface area contributed by atoms with E-state index in [4.69, 9.17) is 4.42 Å². The van der Waals surface area contributed by atoms with E-state index in [1.807, 2.05) is 0 Å². The van der Waals surface area contributed by atoms with Gasteiger partial charge in [0.15, 0.2) is 11.1 Å². The minimum atomic E-state index is -0.261. The Morgan fingerprint density at radius 3 is 2.46 bits per heavy atom. The Balaban J connectivity index is 2.47. The average Bonchev–Trinajstić information content (AvgIpc) is 2.53. The largest absolute Gasteiger partial charge is 0.436 e. The first-order chi connectivity index (χ1) is 6.27. The maximum Gasteiger partial charge on any atom is 0.197 e. The average molecular weight is 242 g/mol. The number of rotatable bonds is 1. The molecule has 0 spiro atoms.